The molecule has 184 valence electrons. The largest absolute Gasteiger partial charge is 0.378 e. The highest BCUT2D eigenvalue weighted by Gasteiger charge is 2.19. The summed E-state index contributed by atoms with van der Waals surface area (Å²) in [6.07, 6.45) is 1.12. The lowest BCUT2D eigenvalue weighted by Gasteiger charge is -2.28. The number of anilines is 3. The van der Waals surface area contributed by atoms with Gasteiger partial charge in [-0.15, -0.1) is 0 Å². The number of hydrogen-bond donors (Lipinski definition) is 1. The second kappa shape index (κ2) is 10.9. The molecule has 1 saturated heterocycles. The molecule has 0 aliphatic carbocycles. The number of halogens is 2. The molecule has 4 rings (SSSR count). The summed E-state index contributed by atoms with van der Waals surface area (Å²) in [7, 11) is -3.60. The molecule has 0 saturated carbocycles. The third-order valence-electron chi connectivity index (χ3n) is 5.58. The summed E-state index contributed by atoms with van der Waals surface area (Å²) in [6.45, 7) is 3.19. The molecule has 1 heterocycles. The normalized spacial score (nSPS) is 14.0. The number of rotatable bonds is 7. The van der Waals surface area contributed by atoms with Crippen LogP contribution in [-0.4, -0.2) is 46.9 Å². The van der Waals surface area contributed by atoms with Crippen molar-refractivity contribution in [3.05, 3.63) is 87.9 Å². The minimum atomic E-state index is -3.60. The fourth-order valence-corrected chi connectivity index (χ4v) is 5.18. The maximum absolute atomic E-state index is 12.7. The van der Waals surface area contributed by atoms with Gasteiger partial charge in [0, 0.05) is 40.1 Å². The Balaban J connectivity index is 1.43. The van der Waals surface area contributed by atoms with Crippen molar-refractivity contribution in [2.24, 2.45) is 0 Å². The molecular weight excluding hydrogens is 509 g/mol. The van der Waals surface area contributed by atoms with E-state index in [0.29, 0.717) is 45.8 Å². The Morgan fingerprint density at radius 1 is 0.971 bits per heavy atom. The van der Waals surface area contributed by atoms with Crippen LogP contribution in [0.5, 0.6) is 0 Å². The van der Waals surface area contributed by atoms with Crippen molar-refractivity contribution in [1.82, 2.24) is 0 Å². The number of morpholine rings is 1. The van der Waals surface area contributed by atoms with E-state index in [-0.39, 0.29) is 12.5 Å². The van der Waals surface area contributed by atoms with Crippen LogP contribution in [0.1, 0.15) is 15.9 Å². The van der Waals surface area contributed by atoms with E-state index in [9.17, 15) is 13.2 Å². The first-order chi connectivity index (χ1) is 16.7. The topological polar surface area (TPSA) is 79.0 Å². The van der Waals surface area contributed by atoms with Gasteiger partial charge >= 0.3 is 0 Å². The number of nitrogens with one attached hydrogen (secondary N) is 1. The summed E-state index contributed by atoms with van der Waals surface area (Å²) >= 11 is 12.1. The molecule has 3 aromatic rings. The Hall–Kier alpha value is -2.78. The number of ether oxygens (including phenoxy) is 1. The number of sulfonamides is 1. The highest BCUT2D eigenvalue weighted by molar-refractivity contribution is 7.92. The summed E-state index contributed by atoms with van der Waals surface area (Å²) in [5.74, 6) is -0.253. The van der Waals surface area contributed by atoms with Gasteiger partial charge in [0.2, 0.25) is 10.0 Å². The van der Waals surface area contributed by atoms with Crippen LogP contribution in [0.25, 0.3) is 0 Å². The van der Waals surface area contributed by atoms with E-state index in [0.717, 1.165) is 25.0 Å². The predicted octanol–water partition coefficient (Wildman–Crippen LogP) is 5.05. The molecule has 10 heteroatoms. The second-order valence-electron chi connectivity index (χ2n) is 8.19. The lowest BCUT2D eigenvalue weighted by Crippen LogP contribution is -2.36. The molecule has 0 atom stereocenters. The van der Waals surface area contributed by atoms with E-state index in [1.54, 1.807) is 36.4 Å². The van der Waals surface area contributed by atoms with E-state index < -0.39 is 10.0 Å². The predicted molar refractivity (Wildman–Crippen MR) is 141 cm³/mol. The van der Waals surface area contributed by atoms with Crippen LogP contribution >= 0.6 is 23.2 Å². The Bertz CT molecular complexity index is 1270. The maximum atomic E-state index is 12.7. The van der Waals surface area contributed by atoms with Crippen molar-refractivity contribution in [2.45, 2.75) is 6.54 Å². The molecule has 7 nitrogen and oxygen atoms in total. The van der Waals surface area contributed by atoms with Gasteiger partial charge in [0.05, 0.1) is 31.7 Å². The Kier molecular flexibility index (Phi) is 7.86. The van der Waals surface area contributed by atoms with Gasteiger partial charge in [0.15, 0.2) is 0 Å². The molecule has 0 radical (unpaired) electrons. The summed E-state index contributed by atoms with van der Waals surface area (Å²) in [4.78, 5) is 15.0. The molecular formula is C25H25Cl2N3O4S. The van der Waals surface area contributed by atoms with Crippen molar-refractivity contribution in [3.8, 4) is 0 Å². The number of carbonyl (C=O) groups excluding carboxylic acids is 1. The fourth-order valence-electron chi connectivity index (χ4n) is 3.79. The molecule has 1 N–H and O–H groups in total. The zero-order valence-corrected chi connectivity index (χ0v) is 21.4. The number of amides is 1. The second-order valence-corrected chi connectivity index (χ2v) is 11.0. The number of carbonyl (C=O) groups is 1. The van der Waals surface area contributed by atoms with Gasteiger partial charge in [-0.2, -0.15) is 0 Å². The first-order valence-corrected chi connectivity index (χ1v) is 13.6. The molecule has 1 fully saturated rings. The van der Waals surface area contributed by atoms with Gasteiger partial charge in [-0.1, -0.05) is 35.3 Å². The Morgan fingerprint density at radius 3 is 2.14 bits per heavy atom. The smallest absolute Gasteiger partial charge is 0.255 e. The first-order valence-electron chi connectivity index (χ1n) is 11.0. The standard InChI is InChI=1S/C25H25Cl2N3O4S/c1-35(32,33)30(24-15-20(26)14-21(27)16-24)17-18-2-4-19(5-3-18)25(31)28-22-6-8-23(9-7-22)29-10-12-34-13-11-29/h2-9,14-16H,10-13,17H2,1H3,(H,28,31). The number of nitrogens with zero attached hydrogens (tertiary/aromatic N) is 2. The lowest BCUT2D eigenvalue weighted by atomic mass is 10.1. The molecule has 1 amide bonds. The van der Waals surface area contributed by atoms with E-state index >= 15 is 0 Å². The molecule has 0 bridgehead atoms. The van der Waals surface area contributed by atoms with E-state index in [1.165, 1.54) is 10.4 Å². The zero-order chi connectivity index (χ0) is 25.0. The van der Waals surface area contributed by atoms with Gasteiger partial charge in [-0.3, -0.25) is 9.10 Å². The van der Waals surface area contributed by atoms with Crippen molar-refractivity contribution < 1.29 is 17.9 Å². The van der Waals surface area contributed by atoms with E-state index in [2.05, 4.69) is 10.2 Å². The molecule has 1 aliphatic heterocycles. The van der Waals surface area contributed by atoms with Gasteiger partial charge < -0.3 is 15.0 Å². The number of hydrogen-bond acceptors (Lipinski definition) is 5. The molecule has 3 aromatic carbocycles. The van der Waals surface area contributed by atoms with Crippen LogP contribution in [0.3, 0.4) is 0 Å². The van der Waals surface area contributed by atoms with Gasteiger partial charge in [-0.25, -0.2) is 8.42 Å². The van der Waals surface area contributed by atoms with Gasteiger partial charge in [0.25, 0.3) is 5.91 Å². The van der Waals surface area contributed by atoms with Gasteiger partial charge in [-0.05, 0) is 60.2 Å². The van der Waals surface area contributed by atoms with Crippen LogP contribution in [0.4, 0.5) is 17.1 Å². The lowest BCUT2D eigenvalue weighted by molar-refractivity contribution is 0.102. The molecule has 0 aromatic heterocycles. The maximum Gasteiger partial charge on any atom is 0.255 e. The Labute approximate surface area is 215 Å². The fraction of sp³-hybridized carbons (Fsp3) is 0.240. The van der Waals surface area contributed by atoms with E-state index in [1.807, 2.05) is 24.3 Å². The molecule has 35 heavy (non-hydrogen) atoms. The molecule has 1 aliphatic rings. The van der Waals surface area contributed by atoms with Crippen LogP contribution in [0, 0.1) is 0 Å². The van der Waals surface area contributed by atoms with Gasteiger partial charge in [0.1, 0.15) is 0 Å². The van der Waals surface area contributed by atoms with Crippen molar-refractivity contribution >= 4 is 56.2 Å². The van der Waals surface area contributed by atoms with E-state index in [4.69, 9.17) is 27.9 Å². The monoisotopic (exact) mass is 533 g/mol. The molecule has 0 unspecified atom stereocenters. The minimum absolute atomic E-state index is 0.0698. The molecule has 0 spiro atoms. The quantitative estimate of drug-likeness (QED) is 0.459. The third kappa shape index (κ3) is 6.67. The van der Waals surface area contributed by atoms with Crippen LogP contribution in [0.15, 0.2) is 66.7 Å². The minimum Gasteiger partial charge on any atom is -0.378 e. The summed E-state index contributed by atoms with van der Waals surface area (Å²) in [6, 6.07) is 19.1. The SMILES string of the molecule is CS(=O)(=O)N(Cc1ccc(C(=O)Nc2ccc(N3CCOCC3)cc2)cc1)c1cc(Cl)cc(Cl)c1. The summed E-state index contributed by atoms with van der Waals surface area (Å²) < 4.78 is 31.5. The van der Waals surface area contributed by atoms with Crippen LogP contribution in [-0.2, 0) is 21.3 Å². The van der Waals surface area contributed by atoms with Crippen molar-refractivity contribution in [2.75, 3.05) is 47.1 Å². The van der Waals surface area contributed by atoms with Crippen LogP contribution in [0.2, 0.25) is 10.0 Å². The Morgan fingerprint density at radius 2 is 1.57 bits per heavy atom. The third-order valence-corrected chi connectivity index (χ3v) is 7.16. The average molecular weight is 534 g/mol. The highest BCUT2D eigenvalue weighted by Crippen LogP contribution is 2.28. The van der Waals surface area contributed by atoms with Crippen molar-refractivity contribution in [3.63, 3.8) is 0 Å². The summed E-state index contributed by atoms with van der Waals surface area (Å²) in [5.41, 5.74) is 3.32. The highest BCUT2D eigenvalue weighted by atomic mass is 35.5. The first kappa shape index (κ1) is 25.3. The number of benzene rings is 3. The zero-order valence-electron chi connectivity index (χ0n) is 19.1. The average Bonchev–Trinajstić information content (AvgIpc) is 2.82. The summed E-state index contributed by atoms with van der Waals surface area (Å²) in [5, 5.41) is 3.57. The van der Waals surface area contributed by atoms with Crippen molar-refractivity contribution in [1.29, 1.82) is 0 Å². The van der Waals surface area contributed by atoms with Crippen LogP contribution < -0.4 is 14.5 Å².